The van der Waals surface area contributed by atoms with Crippen LogP contribution in [0, 0.1) is 0 Å². The number of ether oxygens (including phenoxy) is 1. The van der Waals surface area contributed by atoms with Crippen LogP contribution in [0.1, 0.15) is 50.7 Å². The smallest absolute Gasteiger partial charge is 0.314 e. The summed E-state index contributed by atoms with van der Waals surface area (Å²) in [6.07, 6.45) is 3.40. The average Bonchev–Trinajstić information content (AvgIpc) is 2.89. The number of carbonyl (C=O) groups is 1. The maximum absolute atomic E-state index is 11.9. The Morgan fingerprint density at radius 1 is 1.26 bits per heavy atom. The third kappa shape index (κ3) is 2.27. The number of aliphatic carboxylic acids is 1. The molecule has 104 valence electrons. The first-order valence-corrected chi connectivity index (χ1v) is 6.82. The fraction of sp³-hybridized carbons (Fsp3) is 0.562. The molecule has 1 aromatic carbocycles. The molecule has 2 rings (SSSR count). The minimum atomic E-state index is -0.730. The van der Waals surface area contributed by atoms with Crippen LogP contribution in [-0.2, 0) is 20.5 Å². The van der Waals surface area contributed by atoms with Crippen molar-refractivity contribution in [3.05, 3.63) is 35.4 Å². The molecule has 1 aliphatic rings. The summed E-state index contributed by atoms with van der Waals surface area (Å²) >= 11 is 0. The summed E-state index contributed by atoms with van der Waals surface area (Å²) < 4.78 is 5.56. The molecule has 0 amide bonds. The molecule has 0 aromatic heterocycles. The lowest BCUT2D eigenvalue weighted by molar-refractivity contribution is -0.143. The van der Waals surface area contributed by atoms with Crippen molar-refractivity contribution in [3.8, 4) is 0 Å². The number of rotatable bonds is 4. The molecule has 19 heavy (non-hydrogen) atoms. The second kappa shape index (κ2) is 4.97. The number of benzene rings is 1. The van der Waals surface area contributed by atoms with Crippen LogP contribution in [0.25, 0.3) is 0 Å². The molecule has 1 saturated carbocycles. The molecule has 3 heteroatoms. The van der Waals surface area contributed by atoms with E-state index < -0.39 is 17.0 Å². The van der Waals surface area contributed by atoms with Crippen LogP contribution in [0.5, 0.6) is 0 Å². The zero-order chi connectivity index (χ0) is 14.1. The fourth-order valence-electron chi connectivity index (χ4n) is 3.11. The van der Waals surface area contributed by atoms with Crippen molar-refractivity contribution in [2.75, 3.05) is 7.11 Å². The van der Waals surface area contributed by atoms with Gasteiger partial charge < -0.3 is 9.84 Å². The predicted octanol–water partition coefficient (Wildman–Crippen LogP) is 3.46. The third-order valence-electron chi connectivity index (χ3n) is 4.47. The highest BCUT2D eigenvalue weighted by atomic mass is 16.5. The van der Waals surface area contributed by atoms with Gasteiger partial charge in [-0.05, 0) is 37.8 Å². The maximum atomic E-state index is 11.9. The van der Waals surface area contributed by atoms with Crippen LogP contribution in [-0.4, -0.2) is 18.2 Å². The van der Waals surface area contributed by atoms with Gasteiger partial charge in [0.05, 0.1) is 11.0 Å². The molecular weight excluding hydrogens is 240 g/mol. The van der Waals surface area contributed by atoms with Gasteiger partial charge in [0, 0.05) is 7.11 Å². The van der Waals surface area contributed by atoms with Crippen LogP contribution in [0.4, 0.5) is 0 Å². The minimum absolute atomic E-state index is 0.471. The van der Waals surface area contributed by atoms with Crippen LogP contribution >= 0.6 is 0 Å². The van der Waals surface area contributed by atoms with E-state index in [0.29, 0.717) is 0 Å². The first kappa shape index (κ1) is 14.1. The lowest BCUT2D eigenvalue weighted by Crippen LogP contribution is -2.36. The van der Waals surface area contributed by atoms with Crippen molar-refractivity contribution in [3.63, 3.8) is 0 Å². The Labute approximate surface area is 114 Å². The SMILES string of the molecule is COC(C)(C)c1ccccc1C1(C(=O)O)CCCC1. The fourth-order valence-corrected chi connectivity index (χ4v) is 3.11. The van der Waals surface area contributed by atoms with E-state index in [1.54, 1.807) is 7.11 Å². The molecule has 1 aliphatic carbocycles. The topological polar surface area (TPSA) is 46.5 Å². The van der Waals surface area contributed by atoms with Gasteiger partial charge in [-0.3, -0.25) is 4.79 Å². The number of hydrogen-bond acceptors (Lipinski definition) is 2. The van der Waals surface area contributed by atoms with Crippen molar-refractivity contribution in [2.24, 2.45) is 0 Å². The van der Waals surface area contributed by atoms with E-state index >= 15 is 0 Å². The van der Waals surface area contributed by atoms with Gasteiger partial charge in [0.1, 0.15) is 0 Å². The second-order valence-electron chi connectivity index (χ2n) is 5.85. The molecular formula is C16H22O3. The molecule has 0 heterocycles. The summed E-state index contributed by atoms with van der Waals surface area (Å²) in [6.45, 7) is 3.96. The van der Waals surface area contributed by atoms with Crippen LogP contribution in [0.3, 0.4) is 0 Å². The molecule has 1 N–H and O–H groups in total. The summed E-state index contributed by atoms with van der Waals surface area (Å²) in [5, 5.41) is 9.74. The van der Waals surface area contributed by atoms with Crippen LogP contribution in [0.2, 0.25) is 0 Å². The van der Waals surface area contributed by atoms with E-state index in [1.807, 2.05) is 38.1 Å². The zero-order valence-electron chi connectivity index (χ0n) is 11.9. The molecule has 0 radical (unpaired) electrons. The van der Waals surface area contributed by atoms with E-state index in [9.17, 15) is 9.90 Å². The Bertz CT molecular complexity index is 471. The van der Waals surface area contributed by atoms with Crippen molar-refractivity contribution >= 4 is 5.97 Å². The highest BCUT2D eigenvalue weighted by molar-refractivity contribution is 5.82. The number of hydrogen-bond donors (Lipinski definition) is 1. The quantitative estimate of drug-likeness (QED) is 0.903. The first-order valence-electron chi connectivity index (χ1n) is 6.82. The number of methoxy groups -OCH3 is 1. The number of carboxylic acids is 1. The van der Waals surface area contributed by atoms with Crippen molar-refractivity contribution < 1.29 is 14.6 Å². The molecule has 0 unspecified atom stereocenters. The molecule has 1 fully saturated rings. The van der Waals surface area contributed by atoms with E-state index in [2.05, 4.69) is 0 Å². The monoisotopic (exact) mass is 262 g/mol. The lowest BCUT2D eigenvalue weighted by Gasteiger charge is -2.33. The largest absolute Gasteiger partial charge is 0.481 e. The highest BCUT2D eigenvalue weighted by Crippen LogP contribution is 2.45. The Hall–Kier alpha value is -1.35. The van der Waals surface area contributed by atoms with E-state index in [4.69, 9.17) is 4.74 Å². The summed E-state index contributed by atoms with van der Waals surface area (Å²) in [4.78, 5) is 11.9. The Morgan fingerprint density at radius 2 is 1.84 bits per heavy atom. The third-order valence-corrected chi connectivity index (χ3v) is 4.47. The predicted molar refractivity (Wildman–Crippen MR) is 74.3 cm³/mol. The van der Waals surface area contributed by atoms with E-state index in [1.165, 1.54) is 0 Å². The molecule has 3 nitrogen and oxygen atoms in total. The van der Waals surface area contributed by atoms with Gasteiger partial charge in [0.2, 0.25) is 0 Å². The summed E-state index contributed by atoms with van der Waals surface area (Å²) in [5.41, 5.74) is 0.710. The molecule has 0 spiro atoms. The summed E-state index contributed by atoms with van der Waals surface area (Å²) in [7, 11) is 1.67. The molecule has 0 aliphatic heterocycles. The molecule has 0 saturated heterocycles. The number of carboxylic acid groups (broad SMARTS) is 1. The van der Waals surface area contributed by atoms with E-state index in [0.717, 1.165) is 36.8 Å². The molecule has 1 aromatic rings. The Balaban J connectivity index is 2.59. The first-order chi connectivity index (χ1) is 8.94. The average molecular weight is 262 g/mol. The van der Waals surface area contributed by atoms with Crippen molar-refractivity contribution in [1.82, 2.24) is 0 Å². The highest BCUT2D eigenvalue weighted by Gasteiger charge is 2.45. The van der Waals surface area contributed by atoms with Crippen LogP contribution in [0.15, 0.2) is 24.3 Å². The molecule has 0 bridgehead atoms. The normalized spacial score (nSPS) is 18.5. The lowest BCUT2D eigenvalue weighted by atomic mass is 9.74. The zero-order valence-corrected chi connectivity index (χ0v) is 11.9. The maximum Gasteiger partial charge on any atom is 0.314 e. The van der Waals surface area contributed by atoms with Crippen LogP contribution < -0.4 is 0 Å². The molecule has 0 atom stereocenters. The Morgan fingerprint density at radius 3 is 2.37 bits per heavy atom. The van der Waals surface area contributed by atoms with Gasteiger partial charge in [-0.25, -0.2) is 0 Å². The second-order valence-corrected chi connectivity index (χ2v) is 5.85. The van der Waals surface area contributed by atoms with Gasteiger partial charge in [0.25, 0.3) is 0 Å². The van der Waals surface area contributed by atoms with Gasteiger partial charge >= 0.3 is 5.97 Å². The van der Waals surface area contributed by atoms with Gasteiger partial charge in [-0.2, -0.15) is 0 Å². The van der Waals surface area contributed by atoms with Crippen molar-refractivity contribution in [1.29, 1.82) is 0 Å². The van der Waals surface area contributed by atoms with Gasteiger partial charge in [-0.15, -0.1) is 0 Å². The van der Waals surface area contributed by atoms with Gasteiger partial charge in [0.15, 0.2) is 0 Å². The van der Waals surface area contributed by atoms with Gasteiger partial charge in [-0.1, -0.05) is 37.1 Å². The Kier molecular flexibility index (Phi) is 3.68. The van der Waals surface area contributed by atoms with Crippen molar-refractivity contribution in [2.45, 2.75) is 50.5 Å². The summed E-state index contributed by atoms with van der Waals surface area (Å²) in [6, 6.07) is 7.81. The van der Waals surface area contributed by atoms with E-state index in [-0.39, 0.29) is 0 Å². The summed E-state index contributed by atoms with van der Waals surface area (Å²) in [5.74, 6) is -0.704. The standard InChI is InChI=1S/C16H22O3/c1-15(2,19-3)12-8-4-5-9-13(12)16(14(17)18)10-6-7-11-16/h4-5,8-9H,6-7,10-11H2,1-3H3,(H,17,18). The minimum Gasteiger partial charge on any atom is -0.481 e.